The first-order valence-corrected chi connectivity index (χ1v) is 10.2. The van der Waals surface area contributed by atoms with Crippen LogP contribution in [0.3, 0.4) is 0 Å². The van der Waals surface area contributed by atoms with Gasteiger partial charge in [0.05, 0.1) is 23.0 Å². The van der Waals surface area contributed by atoms with Gasteiger partial charge in [-0.1, -0.05) is 5.21 Å². The van der Waals surface area contributed by atoms with Gasteiger partial charge in [-0.2, -0.15) is 10.2 Å². The van der Waals surface area contributed by atoms with Gasteiger partial charge < -0.3 is 0 Å². The Morgan fingerprint density at radius 2 is 1.36 bits per heavy atom. The highest BCUT2D eigenvalue weighted by Crippen LogP contribution is 2.18. The zero-order valence-electron chi connectivity index (χ0n) is 18.3. The zero-order chi connectivity index (χ0) is 25.3. The molecule has 0 unspecified atom stereocenters. The summed E-state index contributed by atoms with van der Waals surface area (Å²) >= 11 is 0. The predicted molar refractivity (Wildman–Crippen MR) is 127 cm³/mol. The third-order valence-corrected chi connectivity index (χ3v) is 4.58. The Bertz CT molecular complexity index is 1430. The second-order valence-corrected chi connectivity index (χ2v) is 6.93. The molecular formula is C22H16N10O4. The highest BCUT2D eigenvalue weighted by molar-refractivity contribution is 6.05. The van der Waals surface area contributed by atoms with Gasteiger partial charge in [0.1, 0.15) is 0 Å². The van der Waals surface area contributed by atoms with Gasteiger partial charge in [-0.15, -0.1) is 5.10 Å². The van der Waals surface area contributed by atoms with E-state index in [1.807, 2.05) is 0 Å². The average Bonchev–Trinajstić information content (AvgIpc) is 3.35. The second kappa shape index (κ2) is 11.0. The number of hydrazone groups is 2. The van der Waals surface area contributed by atoms with E-state index in [1.54, 1.807) is 49.1 Å². The summed E-state index contributed by atoms with van der Waals surface area (Å²) in [6.07, 6.45) is 9.02. The van der Waals surface area contributed by atoms with E-state index >= 15 is 0 Å². The molecule has 0 saturated heterocycles. The lowest BCUT2D eigenvalue weighted by Gasteiger charge is -2.06. The van der Waals surface area contributed by atoms with E-state index in [9.17, 15) is 19.7 Å². The first-order chi connectivity index (χ1) is 17.5. The molecule has 178 valence electrons. The standard InChI is InChI=1S/C22H16N10O4/c33-21(28-25-13-15-5-9-23-10-6-15)19-20(22(34)29-26-14-16-7-11-24-12-8-16)31(30-27-19)17-1-3-18(4-2-17)32(35)36/h1-14H,(H,28,33)(H,29,34)/b25-13+,26-14+. The number of benzene rings is 1. The van der Waals surface area contributed by atoms with Crippen LogP contribution in [-0.2, 0) is 0 Å². The highest BCUT2D eigenvalue weighted by atomic mass is 16.6. The molecule has 1 aromatic carbocycles. The Hall–Kier alpha value is -5.66. The van der Waals surface area contributed by atoms with Crippen molar-refractivity contribution >= 4 is 29.9 Å². The average molecular weight is 484 g/mol. The molecule has 0 aliphatic heterocycles. The molecule has 0 atom stereocenters. The van der Waals surface area contributed by atoms with Crippen LogP contribution in [0.15, 0.2) is 83.5 Å². The van der Waals surface area contributed by atoms with Crippen LogP contribution in [0.2, 0.25) is 0 Å². The van der Waals surface area contributed by atoms with Crippen molar-refractivity contribution in [2.75, 3.05) is 0 Å². The van der Waals surface area contributed by atoms with Gasteiger partial charge >= 0.3 is 0 Å². The maximum atomic E-state index is 13.0. The summed E-state index contributed by atoms with van der Waals surface area (Å²) in [5, 5.41) is 26.4. The van der Waals surface area contributed by atoms with Crippen molar-refractivity contribution in [3.8, 4) is 5.69 Å². The van der Waals surface area contributed by atoms with Gasteiger partial charge in [0, 0.05) is 36.9 Å². The van der Waals surface area contributed by atoms with Crippen molar-refractivity contribution in [2.45, 2.75) is 0 Å². The SMILES string of the molecule is O=C(N/N=C/c1ccncc1)c1nnn(-c2ccc([N+](=O)[O-])cc2)c1C(=O)N/N=C/c1ccncc1. The quantitative estimate of drug-likeness (QED) is 0.214. The maximum absolute atomic E-state index is 13.0. The summed E-state index contributed by atoms with van der Waals surface area (Å²) in [5.41, 5.74) is 5.49. The van der Waals surface area contributed by atoms with Crippen LogP contribution in [-0.4, -0.2) is 54.1 Å². The van der Waals surface area contributed by atoms with Gasteiger partial charge in [0.15, 0.2) is 11.4 Å². The van der Waals surface area contributed by atoms with E-state index in [1.165, 1.54) is 36.7 Å². The van der Waals surface area contributed by atoms with Crippen molar-refractivity contribution in [1.82, 2.24) is 35.8 Å². The lowest BCUT2D eigenvalue weighted by molar-refractivity contribution is -0.384. The molecule has 4 aromatic rings. The first-order valence-electron chi connectivity index (χ1n) is 10.2. The molecule has 2 N–H and O–H groups in total. The van der Waals surface area contributed by atoms with E-state index in [-0.39, 0.29) is 22.8 Å². The van der Waals surface area contributed by atoms with Crippen LogP contribution in [0.5, 0.6) is 0 Å². The molecule has 4 rings (SSSR count). The fourth-order valence-corrected chi connectivity index (χ4v) is 2.87. The molecule has 0 spiro atoms. The summed E-state index contributed by atoms with van der Waals surface area (Å²) < 4.78 is 1.07. The number of nitrogens with one attached hydrogen (secondary N) is 2. The number of carbonyl (C=O) groups excluding carboxylic acids is 2. The monoisotopic (exact) mass is 484 g/mol. The van der Waals surface area contributed by atoms with Crippen LogP contribution in [0.25, 0.3) is 5.69 Å². The minimum atomic E-state index is -0.809. The number of nitrogens with zero attached hydrogens (tertiary/aromatic N) is 8. The number of nitro groups is 1. The Morgan fingerprint density at radius 1 is 0.833 bits per heavy atom. The summed E-state index contributed by atoms with van der Waals surface area (Å²) in [6.45, 7) is 0. The summed E-state index contributed by atoms with van der Waals surface area (Å²) in [5.74, 6) is -1.61. The third-order valence-electron chi connectivity index (χ3n) is 4.58. The lowest BCUT2D eigenvalue weighted by atomic mass is 10.2. The van der Waals surface area contributed by atoms with Gasteiger partial charge in [-0.25, -0.2) is 15.5 Å². The summed E-state index contributed by atoms with van der Waals surface area (Å²) in [4.78, 5) is 44.0. The maximum Gasteiger partial charge on any atom is 0.294 e. The minimum absolute atomic E-state index is 0.157. The number of hydrogen-bond acceptors (Lipinski definition) is 10. The lowest BCUT2D eigenvalue weighted by Crippen LogP contribution is -2.27. The van der Waals surface area contributed by atoms with E-state index in [4.69, 9.17) is 0 Å². The molecule has 14 heteroatoms. The van der Waals surface area contributed by atoms with Crippen molar-refractivity contribution in [2.24, 2.45) is 10.2 Å². The Labute approximate surface area is 202 Å². The van der Waals surface area contributed by atoms with Gasteiger partial charge in [0.2, 0.25) is 0 Å². The largest absolute Gasteiger partial charge is 0.294 e. The molecule has 3 heterocycles. The van der Waals surface area contributed by atoms with E-state index in [0.717, 1.165) is 4.68 Å². The number of carbonyl (C=O) groups is 2. The molecule has 0 radical (unpaired) electrons. The van der Waals surface area contributed by atoms with Crippen LogP contribution in [0.1, 0.15) is 32.1 Å². The molecule has 14 nitrogen and oxygen atoms in total. The first kappa shape index (κ1) is 23.5. The molecule has 0 aliphatic carbocycles. The van der Waals surface area contributed by atoms with Crippen molar-refractivity contribution in [3.63, 3.8) is 0 Å². The van der Waals surface area contributed by atoms with Crippen LogP contribution < -0.4 is 10.9 Å². The molecule has 0 bridgehead atoms. The van der Waals surface area contributed by atoms with Crippen molar-refractivity contribution in [1.29, 1.82) is 0 Å². The van der Waals surface area contributed by atoms with Crippen molar-refractivity contribution in [3.05, 3.63) is 106 Å². The second-order valence-electron chi connectivity index (χ2n) is 6.93. The summed E-state index contributed by atoms with van der Waals surface area (Å²) in [6, 6.07) is 11.9. The number of amides is 2. The molecule has 3 aromatic heterocycles. The topological polar surface area (TPSA) is 183 Å². The molecule has 0 fully saturated rings. The van der Waals surface area contributed by atoms with Gasteiger partial charge in [-0.05, 0) is 47.5 Å². The molecule has 36 heavy (non-hydrogen) atoms. The van der Waals surface area contributed by atoms with E-state index in [0.29, 0.717) is 11.1 Å². The zero-order valence-corrected chi connectivity index (χ0v) is 18.3. The number of non-ortho nitro benzene ring substituents is 1. The van der Waals surface area contributed by atoms with Crippen LogP contribution >= 0.6 is 0 Å². The van der Waals surface area contributed by atoms with Crippen LogP contribution in [0.4, 0.5) is 5.69 Å². The molecule has 0 aliphatic rings. The van der Waals surface area contributed by atoms with Crippen molar-refractivity contribution < 1.29 is 14.5 Å². The van der Waals surface area contributed by atoms with Gasteiger partial charge in [-0.3, -0.25) is 29.7 Å². The Morgan fingerprint density at radius 3 is 1.89 bits per heavy atom. The number of nitro benzene ring substituents is 1. The Kier molecular flexibility index (Phi) is 7.16. The molecule has 2 amide bonds. The van der Waals surface area contributed by atoms with E-state index < -0.39 is 16.7 Å². The minimum Gasteiger partial charge on any atom is -0.265 e. The molecular weight excluding hydrogens is 468 g/mol. The third kappa shape index (κ3) is 5.63. The van der Waals surface area contributed by atoms with Gasteiger partial charge in [0.25, 0.3) is 17.5 Å². The fraction of sp³-hybridized carbons (Fsp3) is 0. The van der Waals surface area contributed by atoms with E-state index in [2.05, 4.69) is 41.3 Å². The molecule has 0 saturated carbocycles. The normalized spacial score (nSPS) is 11.0. The Balaban J connectivity index is 1.62. The number of hydrogen-bond donors (Lipinski definition) is 2. The highest BCUT2D eigenvalue weighted by Gasteiger charge is 2.26. The smallest absolute Gasteiger partial charge is 0.265 e. The predicted octanol–water partition coefficient (Wildman–Crippen LogP) is 1.49. The number of pyridine rings is 2. The summed E-state index contributed by atoms with van der Waals surface area (Å²) in [7, 11) is 0. The fourth-order valence-electron chi connectivity index (χ4n) is 2.87. The number of aromatic nitrogens is 5. The van der Waals surface area contributed by atoms with Crippen LogP contribution in [0, 0.1) is 10.1 Å². The number of rotatable bonds is 8.